The quantitative estimate of drug-likeness (QED) is 0.451. The van der Waals surface area contributed by atoms with Crippen LogP contribution in [0.3, 0.4) is 0 Å². The van der Waals surface area contributed by atoms with Gasteiger partial charge in [-0.25, -0.2) is 10.2 Å². The zero-order chi connectivity index (χ0) is 12.1. The van der Waals surface area contributed by atoms with Gasteiger partial charge in [-0.3, -0.25) is 10.2 Å². The van der Waals surface area contributed by atoms with E-state index in [1.165, 1.54) is 12.1 Å². The number of hydrogen-bond donors (Lipinski definition) is 3. The van der Waals surface area contributed by atoms with Crippen LogP contribution in [0, 0.1) is 5.82 Å². The molecule has 0 saturated heterocycles. The molecule has 16 heavy (non-hydrogen) atoms. The van der Waals surface area contributed by atoms with Gasteiger partial charge in [-0.05, 0) is 18.6 Å². The zero-order valence-corrected chi connectivity index (χ0v) is 10.4. The molecule has 0 aliphatic carbocycles. The third kappa shape index (κ3) is 2.93. The second kappa shape index (κ2) is 5.81. The molecule has 1 amide bonds. The monoisotopic (exact) mass is 289 g/mol. The Kier molecular flexibility index (Phi) is 4.70. The summed E-state index contributed by atoms with van der Waals surface area (Å²) in [6.45, 7) is 2.54. The molecule has 0 heterocycles. The Bertz CT molecular complexity index is 398. The highest BCUT2D eigenvalue weighted by Gasteiger charge is 2.15. The SMILES string of the molecule is CCCNc1c(F)cc(Br)cc1C(=O)NN. The fourth-order valence-electron chi connectivity index (χ4n) is 1.26. The Labute approximate surface area is 101 Å². The van der Waals surface area contributed by atoms with Crippen molar-refractivity contribution in [1.82, 2.24) is 5.43 Å². The molecule has 88 valence electrons. The van der Waals surface area contributed by atoms with E-state index in [0.717, 1.165) is 6.42 Å². The molecule has 6 heteroatoms. The van der Waals surface area contributed by atoms with Crippen molar-refractivity contribution in [2.75, 3.05) is 11.9 Å². The molecule has 0 bridgehead atoms. The van der Waals surface area contributed by atoms with E-state index in [9.17, 15) is 9.18 Å². The maximum absolute atomic E-state index is 13.6. The molecular formula is C10H13BrFN3O. The number of nitrogens with two attached hydrogens (primary N) is 1. The molecule has 0 radical (unpaired) electrons. The first kappa shape index (κ1) is 12.9. The lowest BCUT2D eigenvalue weighted by Crippen LogP contribution is -2.31. The van der Waals surface area contributed by atoms with E-state index in [1.807, 2.05) is 12.3 Å². The van der Waals surface area contributed by atoms with Gasteiger partial charge in [0.25, 0.3) is 5.91 Å². The first-order valence-electron chi connectivity index (χ1n) is 4.84. The van der Waals surface area contributed by atoms with Crippen molar-refractivity contribution in [3.8, 4) is 0 Å². The van der Waals surface area contributed by atoms with Gasteiger partial charge in [-0.2, -0.15) is 0 Å². The van der Waals surface area contributed by atoms with E-state index in [-0.39, 0.29) is 11.3 Å². The third-order valence-electron chi connectivity index (χ3n) is 1.98. The van der Waals surface area contributed by atoms with E-state index in [4.69, 9.17) is 5.84 Å². The standard InChI is InChI=1S/C10H13BrFN3O/c1-2-3-14-9-7(10(16)15-13)4-6(11)5-8(9)12/h4-5,14H,2-3,13H2,1H3,(H,15,16). The number of hydrogen-bond acceptors (Lipinski definition) is 3. The molecule has 4 N–H and O–H groups in total. The number of carbonyl (C=O) groups excluding carboxylic acids is 1. The third-order valence-corrected chi connectivity index (χ3v) is 2.44. The topological polar surface area (TPSA) is 67.2 Å². The van der Waals surface area contributed by atoms with Gasteiger partial charge in [-0.15, -0.1) is 0 Å². The summed E-state index contributed by atoms with van der Waals surface area (Å²) in [4.78, 5) is 11.4. The fourth-order valence-corrected chi connectivity index (χ4v) is 1.69. The van der Waals surface area contributed by atoms with Crippen LogP contribution >= 0.6 is 15.9 Å². The molecule has 0 unspecified atom stereocenters. The van der Waals surface area contributed by atoms with Crippen molar-refractivity contribution in [3.63, 3.8) is 0 Å². The average molecular weight is 290 g/mol. The van der Waals surface area contributed by atoms with Crippen LogP contribution in [0.4, 0.5) is 10.1 Å². The van der Waals surface area contributed by atoms with Gasteiger partial charge in [0.05, 0.1) is 11.3 Å². The predicted molar refractivity (Wildman–Crippen MR) is 64.5 cm³/mol. The smallest absolute Gasteiger partial charge is 0.267 e. The number of amides is 1. The van der Waals surface area contributed by atoms with Crippen LogP contribution < -0.4 is 16.6 Å². The summed E-state index contributed by atoms with van der Waals surface area (Å²) in [6, 6.07) is 2.81. The number of nitrogens with one attached hydrogen (secondary N) is 2. The molecule has 0 aromatic heterocycles. The molecule has 0 spiro atoms. The van der Waals surface area contributed by atoms with Crippen molar-refractivity contribution in [2.24, 2.45) is 5.84 Å². The molecule has 1 aromatic rings. The number of halogens is 2. The Hall–Kier alpha value is -1.14. The van der Waals surface area contributed by atoms with Crippen LogP contribution in [0.5, 0.6) is 0 Å². The van der Waals surface area contributed by atoms with Gasteiger partial charge in [0.1, 0.15) is 5.82 Å². The van der Waals surface area contributed by atoms with Crippen LogP contribution in [0.25, 0.3) is 0 Å². The van der Waals surface area contributed by atoms with E-state index in [1.54, 1.807) is 0 Å². The maximum atomic E-state index is 13.6. The summed E-state index contributed by atoms with van der Waals surface area (Å²) < 4.78 is 14.1. The van der Waals surface area contributed by atoms with Gasteiger partial charge in [0, 0.05) is 11.0 Å². The number of benzene rings is 1. The van der Waals surface area contributed by atoms with E-state index >= 15 is 0 Å². The van der Waals surface area contributed by atoms with Crippen LogP contribution in [-0.4, -0.2) is 12.5 Å². The molecule has 1 aromatic carbocycles. The lowest BCUT2D eigenvalue weighted by molar-refractivity contribution is 0.0954. The molecule has 0 atom stereocenters. The maximum Gasteiger partial charge on any atom is 0.267 e. The molecular weight excluding hydrogens is 277 g/mol. The number of rotatable bonds is 4. The van der Waals surface area contributed by atoms with Crippen molar-refractivity contribution < 1.29 is 9.18 Å². The van der Waals surface area contributed by atoms with E-state index < -0.39 is 11.7 Å². The Balaban J connectivity index is 3.15. The van der Waals surface area contributed by atoms with Gasteiger partial charge in [0.15, 0.2) is 0 Å². The van der Waals surface area contributed by atoms with E-state index in [0.29, 0.717) is 11.0 Å². The van der Waals surface area contributed by atoms with Crippen molar-refractivity contribution >= 4 is 27.5 Å². The molecule has 0 fully saturated rings. The molecule has 0 aliphatic heterocycles. The number of anilines is 1. The lowest BCUT2D eigenvalue weighted by atomic mass is 10.1. The highest BCUT2D eigenvalue weighted by molar-refractivity contribution is 9.10. The first-order chi connectivity index (χ1) is 7.60. The number of carbonyl (C=O) groups is 1. The lowest BCUT2D eigenvalue weighted by Gasteiger charge is -2.12. The highest BCUT2D eigenvalue weighted by Crippen LogP contribution is 2.25. The molecule has 0 aliphatic rings. The van der Waals surface area contributed by atoms with Gasteiger partial charge in [0.2, 0.25) is 0 Å². The minimum Gasteiger partial charge on any atom is -0.382 e. The second-order valence-electron chi connectivity index (χ2n) is 3.21. The predicted octanol–water partition coefficient (Wildman–Crippen LogP) is 2.01. The number of nitrogen functional groups attached to an aromatic ring is 1. The van der Waals surface area contributed by atoms with Crippen LogP contribution in [-0.2, 0) is 0 Å². The van der Waals surface area contributed by atoms with Crippen molar-refractivity contribution in [3.05, 3.63) is 28.0 Å². The summed E-state index contributed by atoms with van der Waals surface area (Å²) in [5.74, 6) is 4.02. The summed E-state index contributed by atoms with van der Waals surface area (Å²) in [5, 5.41) is 2.86. The van der Waals surface area contributed by atoms with Gasteiger partial charge < -0.3 is 5.32 Å². The Morgan fingerprint density at radius 1 is 1.56 bits per heavy atom. The molecule has 1 rings (SSSR count). The number of hydrazine groups is 1. The van der Waals surface area contributed by atoms with Crippen LogP contribution in [0.15, 0.2) is 16.6 Å². The van der Waals surface area contributed by atoms with E-state index in [2.05, 4.69) is 21.2 Å². The summed E-state index contributed by atoms with van der Waals surface area (Å²) >= 11 is 3.12. The Morgan fingerprint density at radius 3 is 2.81 bits per heavy atom. The largest absolute Gasteiger partial charge is 0.382 e. The van der Waals surface area contributed by atoms with Gasteiger partial charge in [-0.1, -0.05) is 22.9 Å². The van der Waals surface area contributed by atoms with Crippen LogP contribution in [0.1, 0.15) is 23.7 Å². The van der Waals surface area contributed by atoms with Crippen LogP contribution in [0.2, 0.25) is 0 Å². The minimum absolute atomic E-state index is 0.174. The fraction of sp³-hybridized carbons (Fsp3) is 0.300. The highest BCUT2D eigenvalue weighted by atomic mass is 79.9. The Morgan fingerprint density at radius 2 is 2.25 bits per heavy atom. The summed E-state index contributed by atoms with van der Waals surface area (Å²) in [6.07, 6.45) is 0.833. The molecule has 4 nitrogen and oxygen atoms in total. The second-order valence-corrected chi connectivity index (χ2v) is 4.13. The minimum atomic E-state index is -0.529. The normalized spacial score (nSPS) is 10.0. The van der Waals surface area contributed by atoms with Crippen molar-refractivity contribution in [2.45, 2.75) is 13.3 Å². The van der Waals surface area contributed by atoms with Crippen molar-refractivity contribution in [1.29, 1.82) is 0 Å². The van der Waals surface area contributed by atoms with Gasteiger partial charge >= 0.3 is 0 Å². The molecule has 0 saturated carbocycles. The summed E-state index contributed by atoms with van der Waals surface area (Å²) in [5.41, 5.74) is 2.34. The summed E-state index contributed by atoms with van der Waals surface area (Å²) in [7, 11) is 0. The average Bonchev–Trinajstić information content (AvgIpc) is 2.26. The zero-order valence-electron chi connectivity index (χ0n) is 8.81. The first-order valence-corrected chi connectivity index (χ1v) is 5.63.